The summed E-state index contributed by atoms with van der Waals surface area (Å²) >= 11 is 0. The Morgan fingerprint density at radius 1 is 0.517 bits per heavy atom. The molecule has 1 aliphatic heterocycles. The average molecular weight is 849 g/mol. The van der Waals surface area contributed by atoms with E-state index in [2.05, 4.69) is 62.5 Å². The molecular formula is C50H88O10. The monoisotopic (exact) mass is 849 g/mol. The molecule has 1 aliphatic rings. The second kappa shape index (κ2) is 40.7. The van der Waals surface area contributed by atoms with Crippen LogP contribution in [0.2, 0.25) is 0 Å². The van der Waals surface area contributed by atoms with Crippen LogP contribution in [0.4, 0.5) is 0 Å². The van der Waals surface area contributed by atoms with Crippen LogP contribution in [-0.4, -0.2) is 89.0 Å². The van der Waals surface area contributed by atoms with Crippen molar-refractivity contribution in [3.8, 4) is 0 Å². The van der Waals surface area contributed by atoms with E-state index in [0.717, 1.165) is 83.5 Å². The summed E-state index contributed by atoms with van der Waals surface area (Å²) in [6.07, 6.45) is 41.1. The molecule has 0 spiro atoms. The maximum atomic E-state index is 12.8. The van der Waals surface area contributed by atoms with Crippen molar-refractivity contribution >= 4 is 11.9 Å². The second-order valence-corrected chi connectivity index (χ2v) is 16.6. The molecule has 0 aromatic rings. The van der Waals surface area contributed by atoms with Crippen molar-refractivity contribution in [2.75, 3.05) is 19.8 Å². The first-order valence-corrected chi connectivity index (χ1v) is 24.2. The minimum absolute atomic E-state index is 0.213. The fourth-order valence-corrected chi connectivity index (χ4v) is 7.07. The first kappa shape index (κ1) is 55.7. The van der Waals surface area contributed by atoms with Crippen LogP contribution in [0.1, 0.15) is 200 Å². The van der Waals surface area contributed by atoms with Gasteiger partial charge >= 0.3 is 11.9 Å². The van der Waals surface area contributed by atoms with Gasteiger partial charge in [-0.3, -0.25) is 9.59 Å². The Morgan fingerprint density at radius 3 is 1.45 bits per heavy atom. The summed E-state index contributed by atoms with van der Waals surface area (Å²) in [6, 6.07) is 0. The summed E-state index contributed by atoms with van der Waals surface area (Å²) in [5.74, 6) is -0.829. The maximum absolute atomic E-state index is 12.8. The van der Waals surface area contributed by atoms with E-state index < -0.39 is 49.4 Å². The topological polar surface area (TPSA) is 152 Å². The molecule has 6 atom stereocenters. The quantitative estimate of drug-likeness (QED) is 0.0266. The molecule has 0 aromatic heterocycles. The van der Waals surface area contributed by atoms with Gasteiger partial charge in [0.15, 0.2) is 12.4 Å². The van der Waals surface area contributed by atoms with Crippen LogP contribution in [0.15, 0.2) is 48.6 Å². The van der Waals surface area contributed by atoms with Gasteiger partial charge in [-0.25, -0.2) is 0 Å². The van der Waals surface area contributed by atoms with Gasteiger partial charge in [0.2, 0.25) is 0 Å². The minimum atomic E-state index is -1.60. The SMILES string of the molecule is CCCCC/C=C\C/C=C\C/C=C\CCCCCCCCC(=O)OC(COC(=O)CCCCCCC/C=C\CCCCCCCCC)COC1OC(CO)C(O)C(O)C1O. The molecule has 10 heteroatoms. The van der Waals surface area contributed by atoms with Crippen LogP contribution in [-0.2, 0) is 28.5 Å². The number of rotatable bonds is 40. The molecule has 10 nitrogen and oxygen atoms in total. The third kappa shape index (κ3) is 31.5. The molecule has 0 amide bonds. The predicted molar refractivity (Wildman–Crippen MR) is 242 cm³/mol. The molecule has 1 fully saturated rings. The Kier molecular flexibility index (Phi) is 37.8. The van der Waals surface area contributed by atoms with Crippen LogP contribution < -0.4 is 0 Å². The van der Waals surface area contributed by atoms with Gasteiger partial charge < -0.3 is 39.4 Å². The summed E-state index contributed by atoms with van der Waals surface area (Å²) < 4.78 is 22.2. The zero-order chi connectivity index (χ0) is 43.7. The van der Waals surface area contributed by atoms with Crippen LogP contribution in [0.3, 0.4) is 0 Å². The van der Waals surface area contributed by atoms with Crippen molar-refractivity contribution in [2.45, 2.75) is 237 Å². The number of hydrogen-bond donors (Lipinski definition) is 4. The summed E-state index contributed by atoms with van der Waals surface area (Å²) in [5, 5.41) is 40.1. The van der Waals surface area contributed by atoms with E-state index in [-0.39, 0.29) is 32.0 Å². The number of aliphatic hydroxyl groups excluding tert-OH is 4. The lowest BCUT2D eigenvalue weighted by atomic mass is 9.99. The lowest BCUT2D eigenvalue weighted by molar-refractivity contribution is -0.305. The van der Waals surface area contributed by atoms with E-state index in [1.165, 1.54) is 77.0 Å². The van der Waals surface area contributed by atoms with Crippen molar-refractivity contribution in [3.05, 3.63) is 48.6 Å². The van der Waals surface area contributed by atoms with E-state index >= 15 is 0 Å². The van der Waals surface area contributed by atoms with Crippen molar-refractivity contribution in [1.82, 2.24) is 0 Å². The van der Waals surface area contributed by atoms with Gasteiger partial charge in [-0.2, -0.15) is 0 Å². The highest BCUT2D eigenvalue weighted by Crippen LogP contribution is 2.23. The standard InChI is InChI=1S/C50H88O10/c1-3-5-7-9-11-13-15-17-19-21-22-23-25-27-29-31-33-35-37-39-46(53)59-43(42-58-50-49(56)48(55)47(54)44(40-51)60-50)41-57-45(52)38-36-34-32-30-28-26-24-20-18-16-14-12-10-8-6-4-2/h11,13,17,19-20,22-24,43-44,47-51,54-56H,3-10,12,14-16,18,21,25-42H2,1-2H3/b13-11-,19-17-,23-22-,24-20-. The molecule has 1 rings (SSSR count). The average Bonchev–Trinajstić information content (AvgIpc) is 3.25. The molecule has 4 N–H and O–H groups in total. The summed E-state index contributed by atoms with van der Waals surface area (Å²) in [4.78, 5) is 25.4. The highest BCUT2D eigenvalue weighted by molar-refractivity contribution is 5.70. The van der Waals surface area contributed by atoms with Gasteiger partial charge in [0.25, 0.3) is 0 Å². The lowest BCUT2D eigenvalue weighted by Gasteiger charge is -2.39. The van der Waals surface area contributed by atoms with Gasteiger partial charge in [-0.1, -0.05) is 159 Å². The maximum Gasteiger partial charge on any atom is 0.306 e. The number of esters is 2. The van der Waals surface area contributed by atoms with Crippen molar-refractivity contribution < 1.29 is 49.0 Å². The fourth-order valence-electron chi connectivity index (χ4n) is 7.07. The highest BCUT2D eigenvalue weighted by Gasteiger charge is 2.44. The highest BCUT2D eigenvalue weighted by atomic mass is 16.7. The molecule has 0 bridgehead atoms. The predicted octanol–water partition coefficient (Wildman–Crippen LogP) is 10.8. The van der Waals surface area contributed by atoms with E-state index in [1.54, 1.807) is 0 Å². The molecule has 0 radical (unpaired) electrons. The molecule has 0 aliphatic carbocycles. The fraction of sp³-hybridized carbons (Fsp3) is 0.800. The van der Waals surface area contributed by atoms with Gasteiger partial charge in [-0.15, -0.1) is 0 Å². The van der Waals surface area contributed by atoms with Crippen molar-refractivity contribution in [2.24, 2.45) is 0 Å². The molecule has 0 aromatic carbocycles. The number of carbonyl (C=O) groups is 2. The Bertz CT molecular complexity index is 1120. The van der Waals surface area contributed by atoms with Crippen molar-refractivity contribution in [3.63, 3.8) is 0 Å². The summed E-state index contributed by atoms with van der Waals surface area (Å²) in [6.45, 7) is 3.38. The van der Waals surface area contributed by atoms with E-state index in [1.807, 2.05) is 0 Å². The molecule has 60 heavy (non-hydrogen) atoms. The van der Waals surface area contributed by atoms with E-state index in [4.69, 9.17) is 18.9 Å². The third-order valence-electron chi connectivity index (χ3n) is 10.9. The van der Waals surface area contributed by atoms with E-state index in [0.29, 0.717) is 12.8 Å². The number of unbranched alkanes of at least 4 members (excludes halogenated alkanes) is 21. The summed E-state index contributed by atoms with van der Waals surface area (Å²) in [7, 11) is 0. The molecule has 0 saturated carbocycles. The summed E-state index contributed by atoms with van der Waals surface area (Å²) in [5.41, 5.74) is 0. The Hall–Kier alpha value is -2.34. The van der Waals surface area contributed by atoms with Crippen LogP contribution in [0.25, 0.3) is 0 Å². The number of ether oxygens (including phenoxy) is 4. The van der Waals surface area contributed by atoms with Gasteiger partial charge in [0.1, 0.15) is 31.0 Å². The molecule has 348 valence electrons. The van der Waals surface area contributed by atoms with Crippen LogP contribution in [0, 0.1) is 0 Å². The molecule has 6 unspecified atom stereocenters. The van der Waals surface area contributed by atoms with Gasteiger partial charge in [-0.05, 0) is 77.0 Å². The smallest absolute Gasteiger partial charge is 0.306 e. The first-order valence-electron chi connectivity index (χ1n) is 24.2. The minimum Gasteiger partial charge on any atom is -0.462 e. The number of allylic oxidation sites excluding steroid dienone is 8. The molecular weight excluding hydrogens is 761 g/mol. The Balaban J connectivity index is 2.32. The van der Waals surface area contributed by atoms with Crippen molar-refractivity contribution in [1.29, 1.82) is 0 Å². The Labute approximate surface area is 365 Å². The van der Waals surface area contributed by atoms with Gasteiger partial charge in [0.05, 0.1) is 13.2 Å². The zero-order valence-electron chi connectivity index (χ0n) is 37.9. The lowest BCUT2D eigenvalue weighted by Crippen LogP contribution is -2.59. The molecule has 1 heterocycles. The number of aliphatic hydroxyl groups is 4. The molecule has 1 saturated heterocycles. The first-order chi connectivity index (χ1) is 29.3. The van der Waals surface area contributed by atoms with Crippen LogP contribution >= 0.6 is 0 Å². The number of hydrogen-bond acceptors (Lipinski definition) is 10. The van der Waals surface area contributed by atoms with Crippen LogP contribution in [0.5, 0.6) is 0 Å². The normalized spacial score (nSPS) is 20.3. The van der Waals surface area contributed by atoms with Gasteiger partial charge in [0, 0.05) is 12.8 Å². The zero-order valence-corrected chi connectivity index (χ0v) is 37.9. The van der Waals surface area contributed by atoms with E-state index in [9.17, 15) is 30.0 Å². The Morgan fingerprint density at radius 2 is 0.933 bits per heavy atom. The third-order valence-corrected chi connectivity index (χ3v) is 10.9. The second-order valence-electron chi connectivity index (χ2n) is 16.6. The largest absolute Gasteiger partial charge is 0.462 e. The number of carbonyl (C=O) groups excluding carboxylic acids is 2.